The quantitative estimate of drug-likeness (QED) is 0.676. The van der Waals surface area contributed by atoms with E-state index < -0.39 is 23.3 Å². The molecule has 1 nitrogen and oxygen atoms in total. The number of hydrogen-bond donors (Lipinski definition) is 0. The van der Waals surface area contributed by atoms with Gasteiger partial charge in [-0.1, -0.05) is 6.92 Å². The van der Waals surface area contributed by atoms with Crippen molar-refractivity contribution in [2.24, 2.45) is 5.92 Å². The van der Waals surface area contributed by atoms with E-state index in [1.54, 1.807) is 20.8 Å². The molecule has 0 fully saturated rings. The number of alkyl halides is 3. The molecule has 0 aromatic heterocycles. The van der Waals surface area contributed by atoms with Crippen LogP contribution in [0.2, 0.25) is 0 Å². The highest BCUT2D eigenvalue weighted by Gasteiger charge is 2.47. The van der Waals surface area contributed by atoms with Crippen LogP contribution in [-0.4, -0.2) is 17.4 Å². The maximum Gasteiger partial charge on any atom is 0.394 e. The first kappa shape index (κ1) is 13.8. The molecular weight excluding hydrogens is 193 g/mol. The molecule has 0 saturated carbocycles. The molecule has 0 aromatic carbocycles. The van der Waals surface area contributed by atoms with E-state index in [4.69, 9.17) is 4.74 Å². The molecule has 0 aromatic rings. The predicted molar refractivity (Wildman–Crippen MR) is 50.1 cm³/mol. The molecule has 0 spiro atoms. The van der Waals surface area contributed by atoms with Gasteiger partial charge in [-0.15, -0.1) is 0 Å². The molecule has 0 N–H and O–H groups in total. The zero-order valence-electron chi connectivity index (χ0n) is 9.62. The highest BCUT2D eigenvalue weighted by Crippen LogP contribution is 2.38. The summed E-state index contributed by atoms with van der Waals surface area (Å²) in [5.74, 6) is -1.48. The highest BCUT2D eigenvalue weighted by molar-refractivity contribution is 4.84. The summed E-state index contributed by atoms with van der Waals surface area (Å²) in [4.78, 5) is 0. The largest absolute Gasteiger partial charge is 0.394 e. The van der Waals surface area contributed by atoms with Crippen LogP contribution < -0.4 is 0 Å². The van der Waals surface area contributed by atoms with Crippen molar-refractivity contribution in [1.82, 2.24) is 0 Å². The molecule has 0 aliphatic rings. The highest BCUT2D eigenvalue weighted by atomic mass is 19.4. The van der Waals surface area contributed by atoms with Gasteiger partial charge in [-0.05, 0) is 34.6 Å². The predicted octanol–water partition coefficient (Wildman–Crippen LogP) is 3.78. The lowest BCUT2D eigenvalue weighted by Crippen LogP contribution is -2.45. The molecule has 0 radical (unpaired) electrons. The molecule has 14 heavy (non-hydrogen) atoms. The van der Waals surface area contributed by atoms with Gasteiger partial charge in [0.25, 0.3) is 0 Å². The monoisotopic (exact) mass is 212 g/mol. The normalized spacial score (nSPS) is 16.9. The van der Waals surface area contributed by atoms with Crippen molar-refractivity contribution in [3.8, 4) is 0 Å². The molecule has 0 heterocycles. The molecule has 0 aliphatic heterocycles. The fourth-order valence-corrected chi connectivity index (χ4v) is 1.27. The third-order valence-electron chi connectivity index (χ3n) is 2.10. The van der Waals surface area contributed by atoms with Crippen LogP contribution in [0.3, 0.4) is 0 Å². The summed E-state index contributed by atoms with van der Waals surface area (Å²) >= 11 is 0. The Hall–Kier alpha value is -0.250. The summed E-state index contributed by atoms with van der Waals surface area (Å²) < 4.78 is 42.7. The van der Waals surface area contributed by atoms with E-state index >= 15 is 0 Å². The van der Waals surface area contributed by atoms with Gasteiger partial charge in [0.2, 0.25) is 0 Å². The fraction of sp³-hybridized carbons (Fsp3) is 1.00. The second-order valence-electron chi connectivity index (χ2n) is 5.08. The molecule has 4 heteroatoms. The second kappa shape index (κ2) is 3.72. The van der Waals surface area contributed by atoms with Gasteiger partial charge in [-0.25, -0.2) is 0 Å². The fourth-order valence-electron chi connectivity index (χ4n) is 1.27. The molecule has 1 unspecified atom stereocenters. The SMILES string of the molecule is CC(C(F)(F)F)C(C)(C)OC(C)(C)C. The van der Waals surface area contributed by atoms with Crippen molar-refractivity contribution < 1.29 is 17.9 Å². The lowest BCUT2D eigenvalue weighted by atomic mass is 9.91. The van der Waals surface area contributed by atoms with Crippen molar-refractivity contribution in [3.63, 3.8) is 0 Å². The number of hydrogen-bond acceptors (Lipinski definition) is 1. The van der Waals surface area contributed by atoms with Gasteiger partial charge in [-0.2, -0.15) is 13.2 Å². The Kier molecular flexibility index (Phi) is 3.65. The van der Waals surface area contributed by atoms with Gasteiger partial charge in [0.15, 0.2) is 0 Å². The molecule has 0 amide bonds. The van der Waals surface area contributed by atoms with Gasteiger partial charge < -0.3 is 4.74 Å². The Balaban J connectivity index is 4.63. The van der Waals surface area contributed by atoms with E-state index in [9.17, 15) is 13.2 Å². The molecule has 0 aliphatic carbocycles. The Morgan fingerprint density at radius 1 is 0.929 bits per heavy atom. The van der Waals surface area contributed by atoms with E-state index in [2.05, 4.69) is 0 Å². The Labute approximate surface area is 83.6 Å². The van der Waals surface area contributed by atoms with Crippen LogP contribution >= 0.6 is 0 Å². The maximum atomic E-state index is 12.4. The molecule has 0 rings (SSSR count). The minimum Gasteiger partial charge on any atom is -0.369 e. The van der Waals surface area contributed by atoms with Gasteiger partial charge in [0.05, 0.1) is 17.1 Å². The molecule has 0 saturated heterocycles. The first-order valence-corrected chi connectivity index (χ1v) is 4.63. The van der Waals surface area contributed by atoms with Crippen molar-refractivity contribution in [3.05, 3.63) is 0 Å². The van der Waals surface area contributed by atoms with Crippen molar-refractivity contribution in [1.29, 1.82) is 0 Å². The third-order valence-corrected chi connectivity index (χ3v) is 2.10. The van der Waals surface area contributed by atoms with Crippen LogP contribution in [0.1, 0.15) is 41.5 Å². The zero-order chi connectivity index (χ0) is 11.8. The third kappa shape index (κ3) is 4.31. The van der Waals surface area contributed by atoms with Crippen molar-refractivity contribution >= 4 is 0 Å². The summed E-state index contributed by atoms with van der Waals surface area (Å²) in [6, 6.07) is 0. The van der Waals surface area contributed by atoms with Crippen molar-refractivity contribution in [2.75, 3.05) is 0 Å². The summed E-state index contributed by atoms with van der Waals surface area (Å²) in [7, 11) is 0. The lowest BCUT2D eigenvalue weighted by molar-refractivity contribution is -0.243. The van der Waals surface area contributed by atoms with Crippen LogP contribution in [0.4, 0.5) is 13.2 Å². The van der Waals surface area contributed by atoms with E-state index in [1.807, 2.05) is 0 Å². The topological polar surface area (TPSA) is 9.23 Å². The van der Waals surface area contributed by atoms with Crippen LogP contribution in [0.15, 0.2) is 0 Å². The van der Waals surface area contributed by atoms with E-state index in [0.717, 1.165) is 6.92 Å². The van der Waals surface area contributed by atoms with Crippen LogP contribution in [0.25, 0.3) is 0 Å². The molecule has 86 valence electrons. The summed E-state index contributed by atoms with van der Waals surface area (Å²) in [6.45, 7) is 9.33. The summed E-state index contributed by atoms with van der Waals surface area (Å²) in [5, 5.41) is 0. The summed E-state index contributed by atoms with van der Waals surface area (Å²) in [5.41, 5.74) is -1.76. The lowest BCUT2D eigenvalue weighted by Gasteiger charge is -2.38. The van der Waals surface area contributed by atoms with Crippen molar-refractivity contribution in [2.45, 2.75) is 58.9 Å². The Morgan fingerprint density at radius 2 is 1.29 bits per heavy atom. The minimum atomic E-state index is -4.21. The van der Waals surface area contributed by atoms with Gasteiger partial charge in [-0.3, -0.25) is 0 Å². The van der Waals surface area contributed by atoms with Gasteiger partial charge >= 0.3 is 6.18 Å². The number of ether oxygens (including phenoxy) is 1. The smallest absolute Gasteiger partial charge is 0.369 e. The minimum absolute atomic E-state index is 0.566. The van der Waals surface area contributed by atoms with Gasteiger partial charge in [0, 0.05) is 0 Å². The zero-order valence-corrected chi connectivity index (χ0v) is 9.62. The molecule has 1 atom stereocenters. The Morgan fingerprint density at radius 3 is 1.50 bits per heavy atom. The van der Waals surface area contributed by atoms with Crippen LogP contribution in [0, 0.1) is 5.92 Å². The van der Waals surface area contributed by atoms with Crippen LogP contribution in [-0.2, 0) is 4.74 Å². The first-order valence-electron chi connectivity index (χ1n) is 4.63. The molecule has 0 bridgehead atoms. The first-order chi connectivity index (χ1) is 5.86. The van der Waals surface area contributed by atoms with E-state index in [1.165, 1.54) is 13.8 Å². The standard InChI is InChI=1S/C10H19F3O/c1-7(10(11,12)13)9(5,6)14-8(2,3)4/h7H,1-6H3. The Bertz CT molecular complexity index is 189. The summed E-state index contributed by atoms with van der Waals surface area (Å²) in [6.07, 6.45) is -4.21. The van der Waals surface area contributed by atoms with Gasteiger partial charge in [0.1, 0.15) is 0 Å². The second-order valence-corrected chi connectivity index (χ2v) is 5.08. The van der Waals surface area contributed by atoms with E-state index in [-0.39, 0.29) is 0 Å². The number of rotatable bonds is 2. The maximum absolute atomic E-state index is 12.4. The van der Waals surface area contributed by atoms with E-state index in [0.29, 0.717) is 0 Å². The average Bonchev–Trinajstić information content (AvgIpc) is 1.78. The average molecular weight is 212 g/mol. The molecular formula is C10H19F3O. The van der Waals surface area contributed by atoms with Crippen LogP contribution in [0.5, 0.6) is 0 Å². The number of halogens is 3.